The summed E-state index contributed by atoms with van der Waals surface area (Å²) in [6.45, 7) is 7.59. The Morgan fingerprint density at radius 2 is 1.37 bits per heavy atom. The Balaban J connectivity index is 1.36. The zero-order chi connectivity index (χ0) is 23.9. The van der Waals surface area contributed by atoms with E-state index < -0.39 is 0 Å². The van der Waals surface area contributed by atoms with Gasteiger partial charge in [0.1, 0.15) is 5.75 Å². The van der Waals surface area contributed by atoms with Gasteiger partial charge < -0.3 is 14.5 Å². The van der Waals surface area contributed by atoms with E-state index in [-0.39, 0.29) is 0 Å². The molecule has 2 aliphatic heterocycles. The molecule has 0 spiro atoms. The van der Waals surface area contributed by atoms with Gasteiger partial charge in [-0.25, -0.2) is 0 Å². The molecule has 2 aliphatic rings. The lowest BCUT2D eigenvalue weighted by Gasteiger charge is -2.28. The van der Waals surface area contributed by atoms with Crippen LogP contribution in [0.1, 0.15) is 48.8 Å². The lowest BCUT2D eigenvalue weighted by molar-refractivity contribution is 0.221. The molecule has 0 bridgehead atoms. The van der Waals surface area contributed by atoms with Crippen LogP contribution in [0.4, 0.5) is 11.4 Å². The molecule has 2 fully saturated rings. The summed E-state index contributed by atoms with van der Waals surface area (Å²) in [4.78, 5) is 7.60. The Hall–Kier alpha value is -2.98. The average Bonchev–Trinajstić information content (AvgIpc) is 3.45. The van der Waals surface area contributed by atoms with E-state index in [1.54, 1.807) is 7.11 Å². The molecule has 2 heterocycles. The standard InChI is InChI=1S/C31H39N3O/c1-35-31-12-8-10-28(22-31)25-34(24-26-13-15-29(16-14-26)33-19-5-6-20-33)30-11-7-9-27(21-30)23-32-17-3-2-4-18-32/h7-16,21-22H,2-6,17-20,23-25H2,1H3. The molecule has 0 N–H and O–H groups in total. The third-order valence-corrected chi connectivity index (χ3v) is 7.42. The van der Waals surface area contributed by atoms with Crippen molar-refractivity contribution in [1.29, 1.82) is 0 Å². The molecule has 2 saturated heterocycles. The van der Waals surface area contributed by atoms with Gasteiger partial charge in [0, 0.05) is 44.1 Å². The monoisotopic (exact) mass is 469 g/mol. The van der Waals surface area contributed by atoms with Gasteiger partial charge in [0.2, 0.25) is 0 Å². The number of nitrogens with zero attached hydrogens (tertiary/aromatic N) is 3. The first-order chi connectivity index (χ1) is 17.3. The molecule has 0 radical (unpaired) electrons. The van der Waals surface area contributed by atoms with E-state index in [1.165, 1.54) is 86.3 Å². The van der Waals surface area contributed by atoms with Crippen molar-refractivity contribution in [2.45, 2.75) is 51.7 Å². The van der Waals surface area contributed by atoms with E-state index in [4.69, 9.17) is 4.74 Å². The molecule has 0 unspecified atom stereocenters. The van der Waals surface area contributed by atoms with Gasteiger partial charge in [-0.05, 0) is 91.9 Å². The average molecular weight is 470 g/mol. The van der Waals surface area contributed by atoms with Crippen molar-refractivity contribution in [3.05, 3.63) is 89.5 Å². The smallest absolute Gasteiger partial charge is 0.119 e. The van der Waals surface area contributed by atoms with Crippen molar-refractivity contribution < 1.29 is 4.74 Å². The van der Waals surface area contributed by atoms with E-state index in [9.17, 15) is 0 Å². The lowest BCUT2D eigenvalue weighted by atomic mass is 10.1. The van der Waals surface area contributed by atoms with Crippen molar-refractivity contribution in [3.63, 3.8) is 0 Å². The largest absolute Gasteiger partial charge is 0.497 e. The molecule has 4 nitrogen and oxygen atoms in total. The maximum atomic E-state index is 5.50. The molecule has 184 valence electrons. The highest BCUT2D eigenvalue weighted by Crippen LogP contribution is 2.26. The van der Waals surface area contributed by atoms with E-state index >= 15 is 0 Å². The van der Waals surface area contributed by atoms with Crippen LogP contribution in [-0.2, 0) is 19.6 Å². The number of ether oxygens (including phenoxy) is 1. The Labute approximate surface area is 211 Å². The summed E-state index contributed by atoms with van der Waals surface area (Å²) in [6, 6.07) is 26.9. The highest BCUT2D eigenvalue weighted by Gasteiger charge is 2.15. The van der Waals surface area contributed by atoms with Crippen molar-refractivity contribution in [3.8, 4) is 5.75 Å². The maximum Gasteiger partial charge on any atom is 0.119 e. The van der Waals surface area contributed by atoms with Crippen molar-refractivity contribution in [1.82, 2.24) is 4.90 Å². The number of methoxy groups -OCH3 is 1. The second kappa shape index (κ2) is 11.6. The van der Waals surface area contributed by atoms with Gasteiger partial charge in [-0.3, -0.25) is 4.90 Å². The number of benzene rings is 3. The van der Waals surface area contributed by atoms with Crippen LogP contribution in [0.3, 0.4) is 0 Å². The van der Waals surface area contributed by atoms with Crippen LogP contribution in [0.2, 0.25) is 0 Å². The molecule has 35 heavy (non-hydrogen) atoms. The van der Waals surface area contributed by atoms with Crippen LogP contribution in [0.25, 0.3) is 0 Å². The highest BCUT2D eigenvalue weighted by atomic mass is 16.5. The summed E-state index contributed by atoms with van der Waals surface area (Å²) >= 11 is 0. The molecular weight excluding hydrogens is 430 g/mol. The van der Waals surface area contributed by atoms with Crippen LogP contribution in [0.15, 0.2) is 72.8 Å². The Morgan fingerprint density at radius 1 is 0.686 bits per heavy atom. The van der Waals surface area contributed by atoms with Gasteiger partial charge in [0.05, 0.1) is 7.11 Å². The molecule has 3 aromatic carbocycles. The van der Waals surface area contributed by atoms with Gasteiger partial charge in [0.25, 0.3) is 0 Å². The first kappa shape index (κ1) is 23.7. The highest BCUT2D eigenvalue weighted by molar-refractivity contribution is 5.52. The normalized spacial score (nSPS) is 16.4. The van der Waals surface area contributed by atoms with Crippen LogP contribution in [0.5, 0.6) is 5.75 Å². The third-order valence-electron chi connectivity index (χ3n) is 7.42. The van der Waals surface area contributed by atoms with Crippen LogP contribution in [-0.4, -0.2) is 38.2 Å². The topological polar surface area (TPSA) is 19.0 Å². The van der Waals surface area contributed by atoms with Gasteiger partial charge in [0.15, 0.2) is 0 Å². The zero-order valence-electron chi connectivity index (χ0n) is 21.2. The fourth-order valence-corrected chi connectivity index (χ4v) is 5.46. The number of piperidine rings is 1. The van der Waals surface area contributed by atoms with Crippen molar-refractivity contribution in [2.75, 3.05) is 43.1 Å². The fourth-order valence-electron chi connectivity index (χ4n) is 5.46. The zero-order valence-corrected chi connectivity index (χ0v) is 21.2. The first-order valence-electron chi connectivity index (χ1n) is 13.3. The summed E-state index contributed by atoms with van der Waals surface area (Å²) in [5.74, 6) is 0.913. The number of hydrogen-bond acceptors (Lipinski definition) is 4. The molecule has 3 aromatic rings. The predicted octanol–water partition coefficient (Wildman–Crippen LogP) is 6.49. The number of anilines is 2. The number of rotatable bonds is 9. The summed E-state index contributed by atoms with van der Waals surface area (Å²) in [5.41, 5.74) is 6.65. The second-order valence-electron chi connectivity index (χ2n) is 10.1. The molecule has 0 aliphatic carbocycles. The van der Waals surface area contributed by atoms with E-state index in [0.717, 1.165) is 25.4 Å². The molecule has 0 aromatic heterocycles. The summed E-state index contributed by atoms with van der Waals surface area (Å²) in [7, 11) is 1.74. The quantitative estimate of drug-likeness (QED) is 0.357. The fraction of sp³-hybridized carbons (Fsp3) is 0.419. The minimum absolute atomic E-state index is 0.845. The van der Waals surface area contributed by atoms with Gasteiger partial charge >= 0.3 is 0 Å². The van der Waals surface area contributed by atoms with Gasteiger partial charge in [-0.2, -0.15) is 0 Å². The number of hydrogen-bond donors (Lipinski definition) is 0. The van der Waals surface area contributed by atoms with E-state index in [1.807, 2.05) is 6.07 Å². The van der Waals surface area contributed by atoms with Crippen LogP contribution in [0, 0.1) is 0 Å². The van der Waals surface area contributed by atoms with E-state index in [0.29, 0.717) is 0 Å². The SMILES string of the molecule is COc1cccc(CN(Cc2ccc(N3CCCC3)cc2)c2cccc(CN3CCCCC3)c2)c1. The van der Waals surface area contributed by atoms with Gasteiger partial charge in [-0.15, -0.1) is 0 Å². The maximum absolute atomic E-state index is 5.50. The minimum atomic E-state index is 0.845. The summed E-state index contributed by atoms with van der Waals surface area (Å²) in [6.07, 6.45) is 6.65. The summed E-state index contributed by atoms with van der Waals surface area (Å²) < 4.78 is 5.50. The van der Waals surface area contributed by atoms with Crippen molar-refractivity contribution in [2.24, 2.45) is 0 Å². The Bertz CT molecular complexity index is 1070. The Morgan fingerprint density at radius 3 is 2.14 bits per heavy atom. The molecule has 0 amide bonds. The third kappa shape index (κ3) is 6.37. The summed E-state index contributed by atoms with van der Waals surface area (Å²) in [5, 5.41) is 0. The molecular formula is C31H39N3O. The minimum Gasteiger partial charge on any atom is -0.497 e. The molecule has 0 saturated carbocycles. The second-order valence-corrected chi connectivity index (χ2v) is 10.1. The van der Waals surface area contributed by atoms with Gasteiger partial charge in [-0.1, -0.05) is 42.8 Å². The molecule has 5 rings (SSSR count). The Kier molecular flexibility index (Phi) is 7.89. The van der Waals surface area contributed by atoms with Crippen LogP contribution >= 0.6 is 0 Å². The first-order valence-corrected chi connectivity index (χ1v) is 13.3. The molecule has 4 heteroatoms. The lowest BCUT2D eigenvalue weighted by Crippen LogP contribution is -2.29. The van der Waals surface area contributed by atoms with Crippen molar-refractivity contribution >= 4 is 11.4 Å². The van der Waals surface area contributed by atoms with Crippen LogP contribution < -0.4 is 14.5 Å². The molecule has 0 atom stereocenters. The predicted molar refractivity (Wildman–Crippen MR) is 146 cm³/mol. The van der Waals surface area contributed by atoms with E-state index in [2.05, 4.69) is 81.4 Å². The number of likely N-dealkylation sites (tertiary alicyclic amines) is 1.